The van der Waals surface area contributed by atoms with Crippen molar-refractivity contribution < 1.29 is 5.11 Å². The van der Waals surface area contributed by atoms with Gasteiger partial charge in [-0.25, -0.2) is 0 Å². The fourth-order valence-corrected chi connectivity index (χ4v) is 10.9. The molecule has 124 valence electrons. The molecule has 0 spiro atoms. The largest absolute Gasteiger partial charge is 0.502 e. The zero-order chi connectivity index (χ0) is 16.9. The third kappa shape index (κ3) is 3.63. The Labute approximate surface area is 137 Å². The molecule has 0 atom stereocenters. The van der Waals surface area contributed by atoms with Crippen LogP contribution in [0.3, 0.4) is 0 Å². The summed E-state index contributed by atoms with van der Waals surface area (Å²) in [6.45, 7) is 13.2. The minimum absolute atomic E-state index is 0.210. The van der Waals surface area contributed by atoms with Gasteiger partial charge < -0.3 is 5.11 Å². The number of hydrogen-bond donors (Lipinski definition) is 1. The summed E-state index contributed by atoms with van der Waals surface area (Å²) in [6.07, 6.45) is 7.69. The normalized spacial score (nSPS) is 17.7. The zero-order valence-electron chi connectivity index (χ0n) is 15.2. The van der Waals surface area contributed by atoms with Gasteiger partial charge in [0.25, 0.3) is 0 Å². The average Bonchev–Trinajstić information content (AvgIpc) is 2.43. The highest BCUT2D eigenvalue weighted by molar-refractivity contribution is 6.90. The van der Waals surface area contributed by atoms with Crippen LogP contribution in [0.1, 0.15) is 73.6 Å². The second kappa shape index (κ2) is 7.96. The smallest absolute Gasteiger partial charge is 0.367 e. The maximum Gasteiger partial charge on any atom is 0.367 e. The summed E-state index contributed by atoms with van der Waals surface area (Å²) in [5.41, 5.74) is 2.52. The van der Waals surface area contributed by atoms with Crippen LogP contribution < -0.4 is 0 Å². The number of diazo groups is 1. The Balaban J connectivity index is 3.40. The summed E-state index contributed by atoms with van der Waals surface area (Å²) in [4.78, 5) is 3.64. The number of hydrogen-bond acceptors (Lipinski definition) is 2. The first-order valence-corrected chi connectivity index (χ1v) is 11.0. The van der Waals surface area contributed by atoms with Crippen LogP contribution in [0, 0.1) is 5.39 Å². The van der Waals surface area contributed by atoms with E-state index in [1.54, 1.807) is 0 Å². The molecule has 1 saturated carbocycles. The Bertz CT molecular complexity index is 454. The number of aliphatic hydroxyl groups excluding tert-OH is 1. The van der Waals surface area contributed by atoms with Crippen molar-refractivity contribution in [1.29, 1.82) is 5.39 Å². The predicted molar refractivity (Wildman–Crippen MR) is 97.0 cm³/mol. The molecule has 0 aliphatic heterocycles. The molecular formula is C18H33N2OSi+. The van der Waals surface area contributed by atoms with Crippen LogP contribution in [-0.4, -0.2) is 13.2 Å². The summed E-state index contributed by atoms with van der Waals surface area (Å²) < 4.78 is 0. The fourth-order valence-electron chi connectivity index (χ4n) is 4.59. The lowest BCUT2D eigenvalue weighted by Crippen LogP contribution is -2.46. The van der Waals surface area contributed by atoms with Gasteiger partial charge in [0, 0.05) is 0 Å². The molecule has 1 rings (SSSR count). The molecule has 3 nitrogen and oxygen atoms in total. The third-order valence-corrected chi connectivity index (χ3v) is 12.4. The molecule has 0 heterocycles. The highest BCUT2D eigenvalue weighted by atomic mass is 28.3. The van der Waals surface area contributed by atoms with Gasteiger partial charge >= 0.3 is 5.32 Å². The van der Waals surface area contributed by atoms with E-state index in [1.807, 2.05) is 6.08 Å². The van der Waals surface area contributed by atoms with Gasteiger partial charge in [-0.3, -0.25) is 0 Å². The third-order valence-electron chi connectivity index (χ3n) is 5.46. The molecule has 22 heavy (non-hydrogen) atoms. The van der Waals surface area contributed by atoms with E-state index in [0.29, 0.717) is 21.9 Å². The summed E-state index contributed by atoms with van der Waals surface area (Å²) in [6, 6.07) is 0. The lowest BCUT2D eigenvalue weighted by molar-refractivity contribution is 0.426. The summed E-state index contributed by atoms with van der Waals surface area (Å²) in [5, 5.41) is 21.0. The highest BCUT2D eigenvalue weighted by Gasteiger charge is 2.56. The van der Waals surface area contributed by atoms with Crippen molar-refractivity contribution in [2.75, 3.05) is 0 Å². The van der Waals surface area contributed by atoms with Crippen LogP contribution >= 0.6 is 0 Å². The van der Waals surface area contributed by atoms with Crippen molar-refractivity contribution in [3.05, 3.63) is 27.7 Å². The molecule has 1 fully saturated rings. The molecule has 1 aliphatic rings. The van der Waals surface area contributed by atoms with Crippen molar-refractivity contribution in [2.45, 2.75) is 90.3 Å². The average molecular weight is 322 g/mol. The molecule has 0 aromatic rings. The molecule has 1 N–H and O–H groups in total. The summed E-state index contributed by atoms with van der Waals surface area (Å²) in [7, 11) is -2.14. The molecule has 0 bridgehead atoms. The molecular weight excluding hydrogens is 288 g/mol. The van der Waals surface area contributed by atoms with Crippen molar-refractivity contribution in [1.82, 2.24) is 0 Å². The predicted octanol–water partition coefficient (Wildman–Crippen LogP) is 6.72. The first-order chi connectivity index (χ1) is 10.3. The Morgan fingerprint density at radius 1 is 1.00 bits per heavy atom. The van der Waals surface area contributed by atoms with Gasteiger partial charge in [-0.1, -0.05) is 53.5 Å². The number of nitrogens with zero attached hydrogens (tertiary/aromatic N) is 2. The SMILES string of the molecule is CC(C)[Si](/C([N+]#N)=C(\O)C=C1CCCCC1)(C(C)C)C(C)C. The van der Waals surface area contributed by atoms with Gasteiger partial charge in [0.1, 0.15) is 0 Å². The Morgan fingerprint density at radius 3 is 1.82 bits per heavy atom. The van der Waals surface area contributed by atoms with Crippen LogP contribution in [0.4, 0.5) is 0 Å². The first-order valence-electron chi connectivity index (χ1n) is 8.76. The van der Waals surface area contributed by atoms with E-state index in [0.717, 1.165) is 12.8 Å². The van der Waals surface area contributed by atoms with Gasteiger partial charge in [-0.05, 0) is 48.4 Å². The minimum atomic E-state index is -2.14. The quantitative estimate of drug-likeness (QED) is 0.347. The van der Waals surface area contributed by atoms with E-state index in [2.05, 4.69) is 46.5 Å². The van der Waals surface area contributed by atoms with Crippen molar-refractivity contribution in [3.63, 3.8) is 0 Å². The van der Waals surface area contributed by atoms with Crippen molar-refractivity contribution in [2.24, 2.45) is 0 Å². The molecule has 1 aliphatic carbocycles. The van der Waals surface area contributed by atoms with E-state index in [9.17, 15) is 10.5 Å². The number of aliphatic hydroxyl groups is 1. The van der Waals surface area contributed by atoms with E-state index >= 15 is 0 Å². The fraction of sp³-hybridized carbons (Fsp3) is 0.778. The van der Waals surface area contributed by atoms with Crippen LogP contribution in [0.15, 0.2) is 22.7 Å². The van der Waals surface area contributed by atoms with Gasteiger partial charge in [0.15, 0.2) is 4.98 Å². The summed E-state index contributed by atoms with van der Waals surface area (Å²) in [5.74, 6) is 0.210. The van der Waals surface area contributed by atoms with E-state index in [1.165, 1.54) is 24.8 Å². The molecule has 0 aromatic carbocycles. The van der Waals surface area contributed by atoms with E-state index in [4.69, 9.17) is 0 Å². The maximum absolute atomic E-state index is 10.7. The molecule has 0 aromatic heterocycles. The van der Waals surface area contributed by atoms with Crippen LogP contribution in [0.25, 0.3) is 4.98 Å². The lowest BCUT2D eigenvalue weighted by atomic mass is 9.94. The monoisotopic (exact) mass is 321 g/mol. The number of rotatable bonds is 5. The second-order valence-electron chi connectivity index (χ2n) is 7.59. The topological polar surface area (TPSA) is 48.4 Å². The zero-order valence-corrected chi connectivity index (χ0v) is 16.2. The highest BCUT2D eigenvalue weighted by Crippen LogP contribution is 2.47. The molecule has 0 amide bonds. The molecule has 0 saturated heterocycles. The summed E-state index contributed by atoms with van der Waals surface area (Å²) >= 11 is 0. The van der Waals surface area contributed by atoms with Crippen molar-refractivity contribution >= 4 is 8.07 Å². The first kappa shape index (κ1) is 19.0. The standard InChI is InChI=1S/C18H32N2OSi/c1-13(2)22(14(3)4,15(5)6)18(20-19)17(21)12-16-10-8-7-9-11-16/h12-15H,7-11H2,1-6H3/p+1/b18-17-. The number of allylic oxidation sites excluding steroid dienone is 2. The van der Waals surface area contributed by atoms with E-state index in [-0.39, 0.29) is 5.76 Å². The van der Waals surface area contributed by atoms with Gasteiger partial charge in [-0.15, -0.1) is 0 Å². The molecule has 0 radical (unpaired) electrons. The van der Waals surface area contributed by atoms with Gasteiger partial charge in [-0.2, -0.15) is 0 Å². The Hall–Kier alpha value is -1.08. The van der Waals surface area contributed by atoms with Gasteiger partial charge in [0.2, 0.25) is 19.2 Å². The van der Waals surface area contributed by atoms with Crippen LogP contribution in [-0.2, 0) is 0 Å². The Morgan fingerprint density at radius 2 is 1.45 bits per heavy atom. The van der Waals surface area contributed by atoms with Crippen LogP contribution in [0.5, 0.6) is 0 Å². The molecule has 4 heteroatoms. The molecule has 0 unspecified atom stereocenters. The lowest BCUT2D eigenvalue weighted by Gasteiger charge is -2.36. The van der Waals surface area contributed by atoms with Crippen molar-refractivity contribution in [3.8, 4) is 0 Å². The second-order valence-corrected chi connectivity index (χ2v) is 13.4. The van der Waals surface area contributed by atoms with E-state index < -0.39 is 8.07 Å². The Kier molecular flexibility index (Phi) is 6.86. The van der Waals surface area contributed by atoms with Gasteiger partial charge in [0.05, 0.1) is 0 Å². The minimum Gasteiger partial charge on any atom is -0.502 e. The van der Waals surface area contributed by atoms with Crippen LogP contribution in [0.2, 0.25) is 16.6 Å². The maximum atomic E-state index is 10.7.